The minimum atomic E-state index is -1.32. The molecule has 2 heterocycles. The van der Waals surface area contributed by atoms with Crippen LogP contribution in [0.4, 0.5) is 0 Å². The summed E-state index contributed by atoms with van der Waals surface area (Å²) in [5.41, 5.74) is -0.122. The normalized spacial score (nSPS) is 10.6. The minimum absolute atomic E-state index is 0.189. The topological polar surface area (TPSA) is 91.9 Å². The standard InChI is InChI=1S/C9H5ClN2O4/c10-4-1-2-5-6(8(13)14)11-7(9(15)16)12(5)3-4/h1-3H,(H,13,14)(H,15,16). The molecular formula is C9H5ClN2O4. The number of rotatable bonds is 2. The summed E-state index contributed by atoms with van der Waals surface area (Å²) >= 11 is 5.70. The molecule has 0 saturated carbocycles. The monoisotopic (exact) mass is 240 g/mol. The van der Waals surface area contributed by atoms with Gasteiger partial charge in [0.15, 0.2) is 5.69 Å². The first-order chi connectivity index (χ1) is 7.50. The summed E-state index contributed by atoms with van der Waals surface area (Å²) in [5, 5.41) is 18.0. The molecule has 0 bridgehead atoms. The van der Waals surface area contributed by atoms with Crippen LogP contribution >= 0.6 is 11.6 Å². The van der Waals surface area contributed by atoms with E-state index in [-0.39, 0.29) is 17.0 Å². The van der Waals surface area contributed by atoms with E-state index in [4.69, 9.17) is 21.8 Å². The van der Waals surface area contributed by atoms with Crippen molar-refractivity contribution in [3.8, 4) is 0 Å². The largest absolute Gasteiger partial charge is 0.476 e. The van der Waals surface area contributed by atoms with Crippen molar-refractivity contribution in [1.29, 1.82) is 0 Å². The number of pyridine rings is 1. The van der Waals surface area contributed by atoms with Crippen LogP contribution in [-0.2, 0) is 0 Å². The van der Waals surface area contributed by atoms with Gasteiger partial charge in [-0.3, -0.25) is 4.40 Å². The highest BCUT2D eigenvalue weighted by atomic mass is 35.5. The maximum Gasteiger partial charge on any atom is 0.372 e. The zero-order chi connectivity index (χ0) is 11.9. The number of aromatic carboxylic acids is 2. The lowest BCUT2D eigenvalue weighted by Crippen LogP contribution is -2.03. The van der Waals surface area contributed by atoms with Crippen molar-refractivity contribution in [2.75, 3.05) is 0 Å². The summed E-state index contributed by atoms with van der Waals surface area (Å²) in [7, 11) is 0. The fourth-order valence-electron chi connectivity index (χ4n) is 1.37. The van der Waals surface area contributed by atoms with Gasteiger partial charge in [0.1, 0.15) is 0 Å². The van der Waals surface area contributed by atoms with E-state index in [1.165, 1.54) is 18.3 Å². The van der Waals surface area contributed by atoms with Gasteiger partial charge in [-0.25, -0.2) is 14.6 Å². The van der Waals surface area contributed by atoms with Crippen molar-refractivity contribution < 1.29 is 19.8 Å². The molecular weight excluding hydrogens is 236 g/mol. The Morgan fingerprint density at radius 3 is 2.50 bits per heavy atom. The quantitative estimate of drug-likeness (QED) is 0.827. The van der Waals surface area contributed by atoms with Gasteiger partial charge >= 0.3 is 11.9 Å². The fourth-order valence-corrected chi connectivity index (χ4v) is 1.53. The van der Waals surface area contributed by atoms with Crippen molar-refractivity contribution in [1.82, 2.24) is 9.38 Å². The number of nitrogens with zero attached hydrogens (tertiary/aromatic N) is 2. The van der Waals surface area contributed by atoms with Crippen molar-refractivity contribution >= 4 is 29.1 Å². The summed E-state index contributed by atoms with van der Waals surface area (Å²) in [6.45, 7) is 0. The summed E-state index contributed by atoms with van der Waals surface area (Å²) < 4.78 is 1.13. The van der Waals surface area contributed by atoms with Gasteiger partial charge in [0.25, 0.3) is 0 Å². The Labute approximate surface area is 93.7 Å². The smallest absolute Gasteiger partial charge is 0.372 e. The highest BCUT2D eigenvalue weighted by Crippen LogP contribution is 2.17. The Balaban J connectivity index is 2.87. The highest BCUT2D eigenvalue weighted by Gasteiger charge is 2.20. The van der Waals surface area contributed by atoms with Gasteiger partial charge in [0.05, 0.1) is 10.5 Å². The SMILES string of the molecule is O=C(O)c1nc(C(=O)O)n2cc(Cl)ccc12. The van der Waals surface area contributed by atoms with Gasteiger partial charge in [0, 0.05) is 6.20 Å². The van der Waals surface area contributed by atoms with Crippen LogP contribution in [0.15, 0.2) is 18.3 Å². The Morgan fingerprint density at radius 2 is 1.94 bits per heavy atom. The summed E-state index contributed by atoms with van der Waals surface area (Å²) in [6, 6.07) is 2.88. The van der Waals surface area contributed by atoms with Crippen LogP contribution in [0, 0.1) is 0 Å². The van der Waals surface area contributed by atoms with E-state index in [9.17, 15) is 9.59 Å². The Hall–Kier alpha value is -2.08. The molecule has 0 amide bonds. The predicted molar refractivity (Wildman–Crippen MR) is 54.1 cm³/mol. The van der Waals surface area contributed by atoms with E-state index in [1.807, 2.05) is 0 Å². The average Bonchev–Trinajstić information content (AvgIpc) is 2.56. The predicted octanol–water partition coefficient (Wildman–Crippen LogP) is 1.38. The van der Waals surface area contributed by atoms with E-state index in [0.717, 1.165) is 4.40 Å². The summed E-state index contributed by atoms with van der Waals surface area (Å²) in [6.07, 6.45) is 1.31. The van der Waals surface area contributed by atoms with Crippen LogP contribution in [0.25, 0.3) is 5.52 Å². The molecule has 2 rings (SSSR count). The second kappa shape index (κ2) is 3.49. The number of fused-ring (bicyclic) bond motifs is 1. The number of imidazole rings is 1. The Morgan fingerprint density at radius 1 is 1.25 bits per heavy atom. The first kappa shape index (κ1) is 10.4. The number of carboxylic acid groups (broad SMARTS) is 2. The third kappa shape index (κ3) is 1.49. The Bertz CT molecular complexity index is 605. The van der Waals surface area contributed by atoms with Gasteiger partial charge in [-0.1, -0.05) is 11.6 Å². The van der Waals surface area contributed by atoms with Gasteiger partial charge in [0.2, 0.25) is 5.82 Å². The van der Waals surface area contributed by atoms with Crippen LogP contribution in [-0.4, -0.2) is 31.5 Å². The van der Waals surface area contributed by atoms with Crippen molar-refractivity contribution in [3.05, 3.63) is 34.9 Å². The first-order valence-corrected chi connectivity index (χ1v) is 4.52. The van der Waals surface area contributed by atoms with E-state index in [0.29, 0.717) is 5.02 Å². The average molecular weight is 241 g/mol. The van der Waals surface area contributed by atoms with E-state index < -0.39 is 11.9 Å². The molecule has 82 valence electrons. The number of hydrogen-bond donors (Lipinski definition) is 2. The molecule has 0 aliphatic carbocycles. The number of halogens is 1. The minimum Gasteiger partial charge on any atom is -0.476 e. The van der Waals surface area contributed by atoms with Crippen molar-refractivity contribution in [2.24, 2.45) is 0 Å². The van der Waals surface area contributed by atoms with Gasteiger partial charge in [-0.05, 0) is 12.1 Å². The van der Waals surface area contributed by atoms with Crippen LogP contribution in [0.5, 0.6) is 0 Å². The zero-order valence-corrected chi connectivity index (χ0v) is 8.47. The number of carboxylic acids is 2. The maximum absolute atomic E-state index is 10.8. The van der Waals surface area contributed by atoms with E-state index in [2.05, 4.69) is 4.98 Å². The molecule has 0 aliphatic heterocycles. The lowest BCUT2D eigenvalue weighted by molar-refractivity contribution is 0.0682. The number of aromatic nitrogens is 2. The van der Waals surface area contributed by atoms with Gasteiger partial charge < -0.3 is 10.2 Å². The molecule has 0 radical (unpaired) electrons. The molecule has 16 heavy (non-hydrogen) atoms. The van der Waals surface area contributed by atoms with E-state index in [1.54, 1.807) is 0 Å². The molecule has 2 N–H and O–H groups in total. The Kier molecular flexibility index (Phi) is 2.28. The third-order valence-electron chi connectivity index (χ3n) is 1.99. The van der Waals surface area contributed by atoms with Crippen molar-refractivity contribution in [3.63, 3.8) is 0 Å². The lowest BCUT2D eigenvalue weighted by Gasteiger charge is -1.96. The summed E-state index contributed by atoms with van der Waals surface area (Å²) in [4.78, 5) is 25.2. The molecule has 0 unspecified atom stereocenters. The number of carbonyl (C=O) groups is 2. The van der Waals surface area contributed by atoms with Crippen LogP contribution in [0.2, 0.25) is 5.02 Å². The highest BCUT2D eigenvalue weighted by molar-refractivity contribution is 6.30. The molecule has 7 heteroatoms. The van der Waals surface area contributed by atoms with Crippen molar-refractivity contribution in [2.45, 2.75) is 0 Å². The lowest BCUT2D eigenvalue weighted by atomic mass is 10.3. The number of hydrogen-bond acceptors (Lipinski definition) is 3. The third-order valence-corrected chi connectivity index (χ3v) is 2.22. The molecule has 0 saturated heterocycles. The van der Waals surface area contributed by atoms with Gasteiger partial charge in [-0.2, -0.15) is 0 Å². The molecule has 0 atom stereocenters. The second-order valence-electron chi connectivity index (χ2n) is 3.00. The van der Waals surface area contributed by atoms with E-state index >= 15 is 0 Å². The van der Waals surface area contributed by atoms with Gasteiger partial charge in [-0.15, -0.1) is 0 Å². The van der Waals surface area contributed by atoms with Crippen LogP contribution < -0.4 is 0 Å². The summed E-state index contributed by atoms with van der Waals surface area (Å²) in [5.74, 6) is -2.98. The molecule has 0 spiro atoms. The molecule has 0 fully saturated rings. The zero-order valence-electron chi connectivity index (χ0n) is 7.72. The molecule has 2 aromatic heterocycles. The molecule has 2 aromatic rings. The molecule has 6 nitrogen and oxygen atoms in total. The first-order valence-electron chi connectivity index (χ1n) is 4.15. The second-order valence-corrected chi connectivity index (χ2v) is 3.43. The van der Waals surface area contributed by atoms with Crippen LogP contribution in [0.1, 0.15) is 21.1 Å². The molecule has 0 aromatic carbocycles. The molecule has 0 aliphatic rings. The van der Waals surface area contributed by atoms with Crippen LogP contribution in [0.3, 0.4) is 0 Å². The fraction of sp³-hybridized carbons (Fsp3) is 0. The maximum atomic E-state index is 10.8.